The van der Waals surface area contributed by atoms with Gasteiger partial charge in [-0.05, 0) is 29.2 Å². The molecule has 0 bridgehead atoms. The van der Waals surface area contributed by atoms with Crippen LogP contribution in [0.15, 0.2) is 48.5 Å². The van der Waals surface area contributed by atoms with Gasteiger partial charge in [-0.25, -0.2) is 4.79 Å². The first-order chi connectivity index (χ1) is 13.5. The average molecular weight is 382 g/mol. The van der Waals surface area contributed by atoms with Gasteiger partial charge in [-0.3, -0.25) is 9.59 Å². The minimum absolute atomic E-state index is 0.0532. The van der Waals surface area contributed by atoms with Crippen molar-refractivity contribution < 1.29 is 24.2 Å². The van der Waals surface area contributed by atoms with Gasteiger partial charge in [0.05, 0.1) is 6.42 Å². The number of alkyl carbamates (subject to hydrolysis) is 1. The zero-order valence-electron chi connectivity index (χ0n) is 15.5. The summed E-state index contributed by atoms with van der Waals surface area (Å²) in [6, 6.07) is 15.5. The molecule has 2 aromatic carbocycles. The molecule has 1 aliphatic carbocycles. The zero-order valence-corrected chi connectivity index (χ0v) is 15.5. The molecule has 0 aromatic heterocycles. The number of hydrogen-bond donors (Lipinski definition) is 3. The molecule has 1 atom stereocenters. The van der Waals surface area contributed by atoms with E-state index < -0.39 is 24.0 Å². The van der Waals surface area contributed by atoms with Crippen LogP contribution >= 0.6 is 0 Å². The number of nitrogens with one attached hydrogen (secondary N) is 2. The normalized spacial score (nSPS) is 13.2. The van der Waals surface area contributed by atoms with E-state index >= 15 is 0 Å². The number of carbonyl (C=O) groups is 3. The molecular weight excluding hydrogens is 360 g/mol. The summed E-state index contributed by atoms with van der Waals surface area (Å²) in [5.74, 6) is -1.53. The third kappa shape index (κ3) is 4.49. The number of carboxylic acid groups (broad SMARTS) is 1. The molecule has 28 heavy (non-hydrogen) atoms. The van der Waals surface area contributed by atoms with E-state index in [0.717, 1.165) is 22.3 Å². The van der Waals surface area contributed by atoms with Crippen molar-refractivity contribution in [3.63, 3.8) is 0 Å². The number of ether oxygens (including phenoxy) is 1. The van der Waals surface area contributed by atoms with Crippen molar-refractivity contribution in [1.29, 1.82) is 0 Å². The minimum Gasteiger partial charge on any atom is -0.481 e. The highest BCUT2D eigenvalue weighted by molar-refractivity contribution is 5.83. The fourth-order valence-corrected chi connectivity index (χ4v) is 3.44. The number of hydrogen-bond acceptors (Lipinski definition) is 4. The van der Waals surface area contributed by atoms with E-state index in [0.29, 0.717) is 0 Å². The van der Waals surface area contributed by atoms with E-state index in [-0.39, 0.29) is 25.5 Å². The summed E-state index contributed by atoms with van der Waals surface area (Å²) in [6.07, 6.45) is -0.876. The first-order valence-corrected chi connectivity index (χ1v) is 9.05. The van der Waals surface area contributed by atoms with Gasteiger partial charge in [-0.15, -0.1) is 0 Å². The van der Waals surface area contributed by atoms with Gasteiger partial charge in [-0.2, -0.15) is 0 Å². The van der Waals surface area contributed by atoms with Crippen LogP contribution in [0.1, 0.15) is 30.4 Å². The minimum atomic E-state index is -1.00. The lowest BCUT2D eigenvalue weighted by Crippen LogP contribution is -2.41. The molecule has 0 spiro atoms. The number of fused-ring (bicyclic) bond motifs is 3. The number of rotatable bonds is 7. The van der Waals surface area contributed by atoms with E-state index in [4.69, 9.17) is 9.84 Å². The van der Waals surface area contributed by atoms with Crippen molar-refractivity contribution in [3.8, 4) is 11.1 Å². The summed E-state index contributed by atoms with van der Waals surface area (Å²) in [5.41, 5.74) is 4.49. The molecule has 1 aliphatic rings. The van der Waals surface area contributed by atoms with Gasteiger partial charge >= 0.3 is 12.1 Å². The predicted molar refractivity (Wildman–Crippen MR) is 103 cm³/mol. The largest absolute Gasteiger partial charge is 0.481 e. The van der Waals surface area contributed by atoms with Gasteiger partial charge < -0.3 is 20.5 Å². The Balaban J connectivity index is 1.53. The third-order valence-corrected chi connectivity index (χ3v) is 4.63. The van der Waals surface area contributed by atoms with Crippen LogP contribution < -0.4 is 10.6 Å². The van der Waals surface area contributed by atoms with E-state index in [1.165, 1.54) is 0 Å². The summed E-state index contributed by atoms with van der Waals surface area (Å²) < 4.78 is 5.34. The molecule has 0 unspecified atom stereocenters. The van der Waals surface area contributed by atoms with Gasteiger partial charge in [0.25, 0.3) is 0 Å². The molecule has 0 saturated heterocycles. The van der Waals surface area contributed by atoms with Crippen molar-refractivity contribution in [1.82, 2.24) is 10.6 Å². The topological polar surface area (TPSA) is 105 Å². The second-order valence-electron chi connectivity index (χ2n) is 6.75. The van der Waals surface area contributed by atoms with Gasteiger partial charge in [0, 0.05) is 12.0 Å². The Hall–Kier alpha value is -3.35. The average Bonchev–Trinajstić information content (AvgIpc) is 2.98. The summed E-state index contributed by atoms with van der Waals surface area (Å²) in [7, 11) is 0. The van der Waals surface area contributed by atoms with Crippen LogP contribution in [-0.4, -0.2) is 42.3 Å². The molecule has 3 rings (SSSR count). The Kier molecular flexibility index (Phi) is 5.93. The van der Waals surface area contributed by atoms with Gasteiger partial charge in [0.15, 0.2) is 0 Å². The molecule has 0 aliphatic heterocycles. The summed E-state index contributed by atoms with van der Waals surface area (Å²) >= 11 is 0. The van der Waals surface area contributed by atoms with Crippen LogP contribution in [0.25, 0.3) is 11.1 Å². The standard InChI is InChI=1S/C21H22N2O5/c1-13(10-20(25)26)23-19(24)11-22-21(27)28-12-18-16-8-4-2-6-14(16)15-7-3-5-9-17(15)18/h2-9,13,18H,10-12H2,1H3,(H,22,27)(H,23,24)(H,25,26)/t13-/m0/s1. The van der Waals surface area contributed by atoms with Crippen molar-refractivity contribution in [2.45, 2.75) is 25.3 Å². The Morgan fingerprint density at radius 3 is 2.18 bits per heavy atom. The van der Waals surface area contributed by atoms with Gasteiger partial charge in [0.1, 0.15) is 13.2 Å². The quantitative estimate of drug-likeness (QED) is 0.682. The highest BCUT2D eigenvalue weighted by Crippen LogP contribution is 2.44. The van der Waals surface area contributed by atoms with E-state index in [1.54, 1.807) is 6.92 Å². The molecule has 7 heteroatoms. The number of amides is 2. The van der Waals surface area contributed by atoms with Crippen molar-refractivity contribution >= 4 is 18.0 Å². The molecule has 0 fully saturated rings. The van der Waals surface area contributed by atoms with Crippen LogP contribution in [-0.2, 0) is 14.3 Å². The SMILES string of the molecule is C[C@@H](CC(=O)O)NC(=O)CNC(=O)OCC1c2ccccc2-c2ccccc21. The molecule has 2 aromatic rings. The highest BCUT2D eigenvalue weighted by atomic mass is 16.5. The molecule has 0 saturated carbocycles. The van der Waals surface area contributed by atoms with Crippen molar-refractivity contribution in [3.05, 3.63) is 59.7 Å². The Labute approximate surface area is 162 Å². The maximum Gasteiger partial charge on any atom is 0.407 e. The van der Waals surface area contributed by atoms with E-state index in [9.17, 15) is 14.4 Å². The number of carboxylic acids is 1. The third-order valence-electron chi connectivity index (χ3n) is 4.63. The molecule has 7 nitrogen and oxygen atoms in total. The van der Waals surface area contributed by atoms with Crippen LogP contribution in [0.5, 0.6) is 0 Å². The molecule has 2 amide bonds. The van der Waals surface area contributed by atoms with Crippen LogP contribution in [0.3, 0.4) is 0 Å². The number of benzene rings is 2. The lowest BCUT2D eigenvalue weighted by atomic mass is 9.98. The predicted octanol–water partition coefficient (Wildman–Crippen LogP) is 2.50. The first-order valence-electron chi connectivity index (χ1n) is 9.05. The van der Waals surface area contributed by atoms with E-state index in [1.807, 2.05) is 36.4 Å². The summed E-state index contributed by atoms with van der Waals surface area (Å²) in [5, 5.41) is 13.6. The van der Waals surface area contributed by atoms with Gasteiger partial charge in [-0.1, -0.05) is 48.5 Å². The smallest absolute Gasteiger partial charge is 0.407 e. The monoisotopic (exact) mass is 382 g/mol. The number of carbonyl (C=O) groups excluding carboxylic acids is 2. The van der Waals surface area contributed by atoms with Crippen molar-refractivity contribution in [2.24, 2.45) is 0 Å². The van der Waals surface area contributed by atoms with Crippen molar-refractivity contribution in [2.75, 3.05) is 13.2 Å². The maximum absolute atomic E-state index is 12.0. The fourth-order valence-electron chi connectivity index (χ4n) is 3.44. The number of aliphatic carboxylic acids is 1. The fraction of sp³-hybridized carbons (Fsp3) is 0.286. The lowest BCUT2D eigenvalue weighted by molar-refractivity contribution is -0.137. The summed E-state index contributed by atoms with van der Waals surface area (Å²) in [4.78, 5) is 34.3. The van der Waals surface area contributed by atoms with Crippen LogP contribution in [0.4, 0.5) is 4.79 Å². The highest BCUT2D eigenvalue weighted by Gasteiger charge is 2.29. The zero-order chi connectivity index (χ0) is 20.1. The maximum atomic E-state index is 12.0. The first kappa shape index (κ1) is 19.4. The summed E-state index contributed by atoms with van der Waals surface area (Å²) in [6.45, 7) is 1.47. The second-order valence-corrected chi connectivity index (χ2v) is 6.75. The molecule has 3 N–H and O–H groups in total. The van der Waals surface area contributed by atoms with Gasteiger partial charge in [0.2, 0.25) is 5.91 Å². The Morgan fingerprint density at radius 2 is 1.61 bits per heavy atom. The lowest BCUT2D eigenvalue weighted by Gasteiger charge is -2.15. The Bertz CT molecular complexity index is 850. The molecular formula is C21H22N2O5. The Morgan fingerprint density at radius 1 is 1.04 bits per heavy atom. The van der Waals surface area contributed by atoms with Crippen LogP contribution in [0, 0.1) is 0 Å². The van der Waals surface area contributed by atoms with Crippen LogP contribution in [0.2, 0.25) is 0 Å². The molecule has 0 radical (unpaired) electrons. The molecule has 0 heterocycles. The van der Waals surface area contributed by atoms with E-state index in [2.05, 4.69) is 22.8 Å². The second kappa shape index (κ2) is 8.56. The molecule has 146 valence electrons.